The molecule has 0 aliphatic carbocycles. The zero-order chi connectivity index (χ0) is 23.9. The van der Waals surface area contributed by atoms with E-state index >= 15 is 0 Å². The van der Waals surface area contributed by atoms with Crippen LogP contribution in [0.5, 0.6) is 0 Å². The van der Waals surface area contributed by atoms with E-state index in [9.17, 15) is 24.3 Å². The Kier molecular flexibility index (Phi) is 10.4. The summed E-state index contributed by atoms with van der Waals surface area (Å²) in [7, 11) is 0. The smallest absolute Gasteiger partial charge is 0.245 e. The molecule has 1 heterocycles. The summed E-state index contributed by atoms with van der Waals surface area (Å²) in [6.45, 7) is 12.9. The van der Waals surface area contributed by atoms with Crippen LogP contribution in [-0.4, -0.2) is 59.0 Å². The molecule has 5 N–H and O–H groups in total. The van der Waals surface area contributed by atoms with E-state index in [0.29, 0.717) is 19.3 Å². The van der Waals surface area contributed by atoms with Gasteiger partial charge in [-0.1, -0.05) is 41.5 Å². The van der Waals surface area contributed by atoms with Crippen molar-refractivity contribution in [2.75, 3.05) is 0 Å². The third kappa shape index (κ3) is 8.85. The van der Waals surface area contributed by atoms with Gasteiger partial charge in [-0.3, -0.25) is 19.2 Å². The number of rotatable bonds is 7. The molecular weight excluding hydrogens is 400 g/mol. The van der Waals surface area contributed by atoms with Gasteiger partial charge >= 0.3 is 0 Å². The summed E-state index contributed by atoms with van der Waals surface area (Å²) in [5, 5.41) is 20.8. The van der Waals surface area contributed by atoms with Gasteiger partial charge in [-0.05, 0) is 43.9 Å². The topological polar surface area (TPSA) is 137 Å². The first kappa shape index (κ1) is 26.9. The first-order chi connectivity index (χ1) is 14.3. The van der Waals surface area contributed by atoms with Gasteiger partial charge in [-0.2, -0.15) is 0 Å². The Balaban J connectivity index is 3.34. The van der Waals surface area contributed by atoms with Crippen molar-refractivity contribution in [1.29, 1.82) is 0 Å². The molecule has 0 bridgehead atoms. The quantitative estimate of drug-likeness (QED) is 0.392. The molecule has 9 heteroatoms. The highest BCUT2D eigenvalue weighted by atomic mass is 16.3. The van der Waals surface area contributed by atoms with E-state index in [1.54, 1.807) is 0 Å². The lowest BCUT2D eigenvalue weighted by atomic mass is 9.97. The van der Waals surface area contributed by atoms with E-state index in [1.807, 2.05) is 41.5 Å². The maximum absolute atomic E-state index is 13.0. The Morgan fingerprint density at radius 1 is 0.581 bits per heavy atom. The molecule has 0 saturated carbocycles. The average Bonchev–Trinajstić information content (AvgIpc) is 2.61. The lowest BCUT2D eigenvalue weighted by molar-refractivity contribution is -0.138. The Morgan fingerprint density at radius 3 is 1.16 bits per heavy atom. The number of carbonyl (C=O) groups is 4. The number of hydrogen-bond donors (Lipinski definition) is 5. The number of nitrogens with one attached hydrogen (secondary N) is 4. The van der Waals surface area contributed by atoms with Crippen LogP contribution in [0.4, 0.5) is 0 Å². The summed E-state index contributed by atoms with van der Waals surface area (Å²) >= 11 is 0. The third-order valence-electron chi connectivity index (χ3n) is 5.08. The van der Waals surface area contributed by atoms with Gasteiger partial charge in [0.15, 0.2) is 0 Å². The number of aliphatic hydroxyl groups excluding tert-OH is 1. The molecule has 0 aromatic carbocycles. The van der Waals surface area contributed by atoms with Crippen LogP contribution >= 0.6 is 0 Å². The second-order valence-corrected chi connectivity index (χ2v) is 9.80. The predicted octanol–water partition coefficient (Wildman–Crippen LogP) is 0.458. The lowest BCUT2D eigenvalue weighted by Gasteiger charge is -2.31. The van der Waals surface area contributed by atoms with Crippen LogP contribution in [0, 0.1) is 17.8 Å². The van der Waals surface area contributed by atoms with Crippen molar-refractivity contribution in [2.24, 2.45) is 17.8 Å². The van der Waals surface area contributed by atoms with Gasteiger partial charge in [0.25, 0.3) is 0 Å². The molecule has 5 atom stereocenters. The second kappa shape index (κ2) is 12.0. The molecule has 1 aliphatic rings. The van der Waals surface area contributed by atoms with Crippen LogP contribution in [0.3, 0.4) is 0 Å². The SMILES string of the molecule is CC(C)C[C@@H]1NC(=O)[C@H](CC(C)C)NC(=O)[C@H]([C@@H](C)O)NC(=O)[C@H](CC(C)C)NC1=O. The van der Waals surface area contributed by atoms with Crippen molar-refractivity contribution < 1.29 is 24.3 Å². The van der Waals surface area contributed by atoms with Gasteiger partial charge in [0, 0.05) is 0 Å². The van der Waals surface area contributed by atoms with Crippen molar-refractivity contribution >= 4 is 23.6 Å². The summed E-state index contributed by atoms with van der Waals surface area (Å²) in [6, 6.07) is -3.85. The fourth-order valence-electron chi connectivity index (χ4n) is 3.57. The summed E-state index contributed by atoms with van der Waals surface area (Å²) in [6.07, 6.45) is -0.0842. The Morgan fingerprint density at radius 2 is 0.871 bits per heavy atom. The first-order valence-electron chi connectivity index (χ1n) is 11.2. The molecule has 0 unspecified atom stereocenters. The van der Waals surface area contributed by atoms with E-state index in [2.05, 4.69) is 21.3 Å². The minimum Gasteiger partial charge on any atom is -0.391 e. The summed E-state index contributed by atoms with van der Waals surface area (Å²) in [5.74, 6) is -1.77. The minimum absolute atomic E-state index is 0.0938. The van der Waals surface area contributed by atoms with Crippen molar-refractivity contribution in [3.8, 4) is 0 Å². The van der Waals surface area contributed by atoms with Gasteiger partial charge < -0.3 is 26.4 Å². The monoisotopic (exact) mass is 440 g/mol. The van der Waals surface area contributed by atoms with Crippen LogP contribution in [0.15, 0.2) is 0 Å². The molecule has 31 heavy (non-hydrogen) atoms. The van der Waals surface area contributed by atoms with Gasteiger partial charge in [0.1, 0.15) is 24.2 Å². The molecule has 0 aromatic rings. The number of carbonyl (C=O) groups excluding carboxylic acids is 4. The fourth-order valence-corrected chi connectivity index (χ4v) is 3.57. The maximum atomic E-state index is 13.0. The molecule has 9 nitrogen and oxygen atoms in total. The average molecular weight is 441 g/mol. The van der Waals surface area contributed by atoms with E-state index < -0.39 is 53.9 Å². The van der Waals surface area contributed by atoms with Crippen LogP contribution in [-0.2, 0) is 19.2 Å². The first-order valence-corrected chi connectivity index (χ1v) is 11.2. The summed E-state index contributed by atoms with van der Waals surface area (Å²) < 4.78 is 0. The second-order valence-electron chi connectivity index (χ2n) is 9.80. The standard InChI is InChI=1S/C22H40N4O5/c1-11(2)8-15-19(28)24-17(10-13(5)6)21(30)26-18(14(7)27)22(31)25-16(9-12(3)4)20(29)23-15/h11-18,27H,8-10H2,1-7H3,(H,23,29)(H,24,28)(H,25,31)(H,26,30)/t14-,15+,16+,17+,18+/m1/s1. The third-order valence-corrected chi connectivity index (χ3v) is 5.08. The molecule has 1 rings (SSSR count). The maximum Gasteiger partial charge on any atom is 0.245 e. The lowest BCUT2D eigenvalue weighted by Crippen LogP contribution is -2.63. The predicted molar refractivity (Wildman–Crippen MR) is 118 cm³/mol. The van der Waals surface area contributed by atoms with Crippen molar-refractivity contribution in [3.63, 3.8) is 0 Å². The van der Waals surface area contributed by atoms with Gasteiger partial charge in [0.05, 0.1) is 6.10 Å². The highest BCUT2D eigenvalue weighted by molar-refractivity contribution is 5.97. The van der Waals surface area contributed by atoms with Gasteiger partial charge in [0.2, 0.25) is 23.6 Å². The Bertz CT molecular complexity index is 640. The zero-order valence-electron chi connectivity index (χ0n) is 19.8. The molecule has 178 valence electrons. The number of aliphatic hydroxyl groups is 1. The van der Waals surface area contributed by atoms with Crippen LogP contribution in [0.25, 0.3) is 0 Å². The minimum atomic E-state index is -1.24. The summed E-state index contributed by atoms with van der Waals surface area (Å²) in [4.78, 5) is 51.8. The van der Waals surface area contributed by atoms with Crippen molar-refractivity contribution in [2.45, 2.75) is 98.0 Å². The Labute approximate surface area is 185 Å². The molecule has 1 saturated heterocycles. The van der Waals surface area contributed by atoms with Crippen molar-refractivity contribution in [1.82, 2.24) is 21.3 Å². The normalized spacial score (nSPS) is 27.2. The van der Waals surface area contributed by atoms with Crippen LogP contribution in [0.2, 0.25) is 0 Å². The van der Waals surface area contributed by atoms with Crippen LogP contribution < -0.4 is 21.3 Å². The Hall–Kier alpha value is -2.16. The number of hydrogen-bond acceptors (Lipinski definition) is 5. The van der Waals surface area contributed by atoms with Gasteiger partial charge in [-0.15, -0.1) is 0 Å². The van der Waals surface area contributed by atoms with E-state index in [1.165, 1.54) is 6.92 Å². The van der Waals surface area contributed by atoms with Crippen molar-refractivity contribution in [3.05, 3.63) is 0 Å². The molecule has 4 amide bonds. The molecular formula is C22H40N4O5. The molecule has 0 radical (unpaired) electrons. The molecule has 1 aliphatic heterocycles. The zero-order valence-corrected chi connectivity index (χ0v) is 19.8. The molecule has 0 aromatic heterocycles. The fraction of sp³-hybridized carbons (Fsp3) is 0.818. The molecule has 0 spiro atoms. The van der Waals surface area contributed by atoms with E-state index in [4.69, 9.17) is 0 Å². The largest absolute Gasteiger partial charge is 0.391 e. The highest BCUT2D eigenvalue weighted by Crippen LogP contribution is 2.12. The van der Waals surface area contributed by atoms with Crippen LogP contribution in [0.1, 0.15) is 67.7 Å². The molecule has 1 fully saturated rings. The summed E-state index contributed by atoms with van der Waals surface area (Å²) in [5.41, 5.74) is 0. The number of amides is 4. The van der Waals surface area contributed by atoms with Gasteiger partial charge in [-0.25, -0.2) is 0 Å². The highest BCUT2D eigenvalue weighted by Gasteiger charge is 2.36. The van der Waals surface area contributed by atoms with E-state index in [-0.39, 0.29) is 17.8 Å². The van der Waals surface area contributed by atoms with E-state index in [0.717, 1.165) is 0 Å².